The Labute approximate surface area is 128 Å². The number of carboxylic acid groups (broad SMARTS) is 1. The van der Waals surface area contributed by atoms with Gasteiger partial charge in [-0.05, 0) is 58.5 Å². The summed E-state index contributed by atoms with van der Waals surface area (Å²) in [6, 6.07) is 12.2. The Morgan fingerprint density at radius 1 is 1.21 bits per heavy atom. The van der Waals surface area contributed by atoms with Gasteiger partial charge in [0.1, 0.15) is 5.82 Å². The predicted molar refractivity (Wildman–Crippen MR) is 82.1 cm³/mol. The number of benzene rings is 2. The molecule has 0 heterocycles. The Kier molecular flexibility index (Phi) is 4.81. The molecule has 2 aromatic rings. The summed E-state index contributed by atoms with van der Waals surface area (Å²) >= 11 is 3.73. The number of rotatable bonds is 4. The first-order valence-electron chi connectivity index (χ1n) is 5.46. The van der Waals surface area contributed by atoms with Crippen LogP contribution < -0.4 is 0 Å². The second kappa shape index (κ2) is 6.38. The van der Waals surface area contributed by atoms with E-state index >= 15 is 0 Å². The number of carboxylic acids is 1. The zero-order valence-electron chi connectivity index (χ0n) is 9.77. The molecule has 0 aliphatic heterocycles. The molecule has 0 fully saturated rings. The summed E-state index contributed by atoms with van der Waals surface area (Å²) in [6.45, 7) is 0. The quantitative estimate of drug-likeness (QED) is 0.623. The number of carbonyl (C=O) groups is 1. The fraction of sp³-hybridized carbons (Fsp3) is 0.0714. The second-order valence-electron chi connectivity index (χ2n) is 3.86. The molecular formula is C14H10FIO2S. The molecule has 0 saturated carbocycles. The van der Waals surface area contributed by atoms with Crippen molar-refractivity contribution in [1.29, 1.82) is 0 Å². The normalized spacial score (nSPS) is 10.4. The summed E-state index contributed by atoms with van der Waals surface area (Å²) < 4.78 is 14.4. The van der Waals surface area contributed by atoms with E-state index in [4.69, 9.17) is 5.11 Å². The van der Waals surface area contributed by atoms with E-state index in [1.165, 1.54) is 27.5 Å². The lowest BCUT2D eigenvalue weighted by Crippen LogP contribution is -2.00. The maximum atomic E-state index is 13.2. The molecule has 2 nitrogen and oxygen atoms in total. The molecule has 2 aromatic carbocycles. The molecule has 1 N–H and O–H groups in total. The first kappa shape index (κ1) is 14.3. The third kappa shape index (κ3) is 3.94. The van der Waals surface area contributed by atoms with Crippen molar-refractivity contribution in [1.82, 2.24) is 0 Å². The first-order chi connectivity index (χ1) is 9.06. The van der Waals surface area contributed by atoms with Crippen LogP contribution in [0.4, 0.5) is 4.39 Å². The highest BCUT2D eigenvalue weighted by atomic mass is 127. The molecule has 0 amide bonds. The van der Waals surface area contributed by atoms with Gasteiger partial charge in [-0.15, -0.1) is 11.8 Å². The van der Waals surface area contributed by atoms with Crippen molar-refractivity contribution in [3.8, 4) is 0 Å². The smallest absolute Gasteiger partial charge is 0.338 e. The van der Waals surface area contributed by atoms with Crippen LogP contribution in [-0.2, 0) is 5.75 Å². The molecule has 98 valence electrons. The van der Waals surface area contributed by atoms with Crippen LogP contribution in [0, 0.1) is 9.39 Å². The van der Waals surface area contributed by atoms with Crippen LogP contribution >= 0.6 is 34.4 Å². The van der Waals surface area contributed by atoms with E-state index < -0.39 is 11.8 Å². The molecule has 0 spiro atoms. The number of aromatic carboxylic acids is 1. The Balaban J connectivity index is 2.09. The van der Waals surface area contributed by atoms with Crippen molar-refractivity contribution in [2.75, 3.05) is 0 Å². The summed E-state index contributed by atoms with van der Waals surface area (Å²) in [5.41, 5.74) is 0.860. The van der Waals surface area contributed by atoms with E-state index in [9.17, 15) is 9.18 Å². The van der Waals surface area contributed by atoms with Gasteiger partial charge in [0, 0.05) is 14.2 Å². The van der Waals surface area contributed by atoms with E-state index in [0.717, 1.165) is 16.2 Å². The fourth-order valence-electron chi connectivity index (χ4n) is 1.51. The molecule has 0 aliphatic carbocycles. The van der Waals surface area contributed by atoms with Gasteiger partial charge in [-0.1, -0.05) is 12.1 Å². The summed E-state index contributed by atoms with van der Waals surface area (Å²) in [5, 5.41) is 8.86. The van der Waals surface area contributed by atoms with Crippen molar-refractivity contribution in [3.63, 3.8) is 0 Å². The average Bonchev–Trinajstić information content (AvgIpc) is 2.39. The monoisotopic (exact) mass is 388 g/mol. The topological polar surface area (TPSA) is 37.3 Å². The number of hydrogen-bond acceptors (Lipinski definition) is 2. The van der Waals surface area contributed by atoms with Crippen molar-refractivity contribution >= 4 is 40.3 Å². The van der Waals surface area contributed by atoms with Crippen molar-refractivity contribution in [3.05, 3.63) is 63.0 Å². The Morgan fingerprint density at radius 2 is 1.89 bits per heavy atom. The van der Waals surface area contributed by atoms with E-state index in [-0.39, 0.29) is 5.56 Å². The minimum Gasteiger partial charge on any atom is -0.478 e. The van der Waals surface area contributed by atoms with E-state index in [2.05, 4.69) is 22.6 Å². The van der Waals surface area contributed by atoms with Gasteiger partial charge < -0.3 is 5.11 Å². The van der Waals surface area contributed by atoms with Gasteiger partial charge in [-0.25, -0.2) is 9.18 Å². The Morgan fingerprint density at radius 3 is 2.53 bits per heavy atom. The van der Waals surface area contributed by atoms with Gasteiger partial charge in [0.05, 0.1) is 5.56 Å². The number of thioether (sulfide) groups is 1. The maximum Gasteiger partial charge on any atom is 0.338 e. The molecule has 0 aliphatic rings. The number of hydrogen-bond donors (Lipinski definition) is 1. The second-order valence-corrected chi connectivity index (χ2v) is 6.16. The minimum absolute atomic E-state index is 0.285. The third-order valence-electron chi connectivity index (χ3n) is 2.49. The molecule has 0 saturated heterocycles. The molecule has 2 rings (SSSR count). The van der Waals surface area contributed by atoms with E-state index in [1.807, 2.05) is 24.3 Å². The molecule has 0 radical (unpaired) electrons. The highest BCUT2D eigenvalue weighted by molar-refractivity contribution is 14.1. The standard InChI is InChI=1S/C14H10FIO2S/c15-13-6-5-11(7-12(13)14(17)18)19-8-9-1-3-10(16)4-2-9/h1-7H,8H2,(H,17,18). The van der Waals surface area contributed by atoms with E-state index in [0.29, 0.717) is 0 Å². The molecule has 0 unspecified atom stereocenters. The zero-order valence-corrected chi connectivity index (χ0v) is 12.7. The van der Waals surface area contributed by atoms with Crippen LogP contribution in [0.3, 0.4) is 0 Å². The SMILES string of the molecule is O=C(O)c1cc(SCc2ccc(I)cc2)ccc1F. The van der Waals surface area contributed by atoms with Crippen LogP contribution in [0.1, 0.15) is 15.9 Å². The summed E-state index contributed by atoms with van der Waals surface area (Å²) in [4.78, 5) is 11.6. The lowest BCUT2D eigenvalue weighted by Gasteiger charge is -2.04. The Bertz CT molecular complexity index is 599. The zero-order chi connectivity index (χ0) is 13.8. The summed E-state index contributed by atoms with van der Waals surface area (Å²) in [7, 11) is 0. The molecule has 5 heteroatoms. The fourth-order valence-corrected chi connectivity index (χ4v) is 2.76. The Hall–Kier alpha value is -1.08. The summed E-state index contributed by atoms with van der Waals surface area (Å²) in [6.07, 6.45) is 0. The lowest BCUT2D eigenvalue weighted by molar-refractivity contribution is 0.0691. The molecular weight excluding hydrogens is 378 g/mol. The predicted octanol–water partition coefficient (Wildman–Crippen LogP) is 4.42. The van der Waals surface area contributed by atoms with E-state index in [1.54, 1.807) is 6.07 Å². The first-order valence-corrected chi connectivity index (χ1v) is 7.53. The van der Waals surface area contributed by atoms with Gasteiger partial charge in [-0.2, -0.15) is 0 Å². The van der Waals surface area contributed by atoms with Gasteiger partial charge in [-0.3, -0.25) is 0 Å². The highest BCUT2D eigenvalue weighted by Gasteiger charge is 2.10. The largest absolute Gasteiger partial charge is 0.478 e. The van der Waals surface area contributed by atoms with Gasteiger partial charge in [0.2, 0.25) is 0 Å². The van der Waals surface area contributed by atoms with Crippen LogP contribution in [0.15, 0.2) is 47.4 Å². The number of halogens is 2. The minimum atomic E-state index is -1.24. The van der Waals surface area contributed by atoms with Crippen molar-refractivity contribution in [2.45, 2.75) is 10.6 Å². The van der Waals surface area contributed by atoms with Crippen LogP contribution in [0.25, 0.3) is 0 Å². The highest BCUT2D eigenvalue weighted by Crippen LogP contribution is 2.25. The molecule has 19 heavy (non-hydrogen) atoms. The maximum absolute atomic E-state index is 13.2. The van der Waals surface area contributed by atoms with Gasteiger partial charge in [0.15, 0.2) is 0 Å². The van der Waals surface area contributed by atoms with Crippen LogP contribution in [0.5, 0.6) is 0 Å². The van der Waals surface area contributed by atoms with Gasteiger partial charge in [0.25, 0.3) is 0 Å². The van der Waals surface area contributed by atoms with Crippen molar-refractivity contribution in [2.24, 2.45) is 0 Å². The van der Waals surface area contributed by atoms with Crippen molar-refractivity contribution < 1.29 is 14.3 Å². The van der Waals surface area contributed by atoms with Gasteiger partial charge >= 0.3 is 5.97 Å². The molecule has 0 aromatic heterocycles. The third-order valence-corrected chi connectivity index (χ3v) is 4.27. The summed E-state index contributed by atoms with van der Waals surface area (Å²) in [5.74, 6) is -1.22. The molecule has 0 atom stereocenters. The average molecular weight is 388 g/mol. The lowest BCUT2D eigenvalue weighted by atomic mass is 10.2. The van der Waals surface area contributed by atoms with Crippen LogP contribution in [-0.4, -0.2) is 11.1 Å². The molecule has 0 bridgehead atoms. The van der Waals surface area contributed by atoms with Crippen LogP contribution in [0.2, 0.25) is 0 Å².